The lowest BCUT2D eigenvalue weighted by Crippen LogP contribution is -2.18. The topological polar surface area (TPSA) is 40.5 Å². The number of carboxylic acid groups (broad SMARTS) is 1. The van der Waals surface area contributed by atoms with E-state index in [0.29, 0.717) is 0 Å². The summed E-state index contributed by atoms with van der Waals surface area (Å²) in [7, 11) is 0. The molecular formula is C8H8FNO2. The van der Waals surface area contributed by atoms with Gasteiger partial charge in [0.1, 0.15) is 0 Å². The van der Waals surface area contributed by atoms with Gasteiger partial charge in [0.25, 0.3) is 0 Å². The SMILES string of the molecule is Cc1ccc(N(F)C(=O)O)cc1. The highest BCUT2D eigenvalue weighted by Crippen LogP contribution is 2.15. The fraction of sp³-hybridized carbons (Fsp3) is 0.125. The van der Waals surface area contributed by atoms with Crippen LogP contribution in [-0.2, 0) is 0 Å². The van der Waals surface area contributed by atoms with Crippen molar-refractivity contribution in [2.75, 3.05) is 5.12 Å². The Morgan fingerprint density at radius 2 is 1.92 bits per heavy atom. The smallest absolute Gasteiger partial charge is 0.440 e. The van der Waals surface area contributed by atoms with Crippen molar-refractivity contribution in [1.29, 1.82) is 0 Å². The van der Waals surface area contributed by atoms with Crippen molar-refractivity contribution in [2.45, 2.75) is 6.92 Å². The van der Waals surface area contributed by atoms with Crippen LogP contribution in [0.1, 0.15) is 5.56 Å². The van der Waals surface area contributed by atoms with Gasteiger partial charge < -0.3 is 5.11 Å². The van der Waals surface area contributed by atoms with Gasteiger partial charge in [-0.05, 0) is 19.1 Å². The van der Waals surface area contributed by atoms with Crippen LogP contribution in [0.4, 0.5) is 15.0 Å². The van der Waals surface area contributed by atoms with Crippen LogP contribution in [0.5, 0.6) is 0 Å². The van der Waals surface area contributed by atoms with Gasteiger partial charge in [-0.3, -0.25) is 0 Å². The second kappa shape index (κ2) is 3.21. The van der Waals surface area contributed by atoms with E-state index in [4.69, 9.17) is 5.11 Å². The second-order valence-corrected chi connectivity index (χ2v) is 2.40. The van der Waals surface area contributed by atoms with Crippen molar-refractivity contribution in [3.05, 3.63) is 29.8 Å². The number of carbonyl (C=O) groups is 1. The number of nitrogens with zero attached hydrogens (tertiary/aromatic N) is 1. The van der Waals surface area contributed by atoms with Crippen molar-refractivity contribution >= 4 is 11.8 Å². The van der Waals surface area contributed by atoms with Gasteiger partial charge in [0.05, 0.1) is 5.69 Å². The van der Waals surface area contributed by atoms with Crippen LogP contribution in [0, 0.1) is 6.92 Å². The van der Waals surface area contributed by atoms with Crippen LogP contribution < -0.4 is 5.12 Å². The zero-order chi connectivity index (χ0) is 9.14. The van der Waals surface area contributed by atoms with Gasteiger partial charge in [-0.1, -0.05) is 22.2 Å². The maximum absolute atomic E-state index is 12.6. The van der Waals surface area contributed by atoms with Gasteiger partial charge in [-0.25, -0.2) is 4.79 Å². The summed E-state index contributed by atoms with van der Waals surface area (Å²) in [5.41, 5.74) is 0.977. The summed E-state index contributed by atoms with van der Waals surface area (Å²) in [6.45, 7) is 1.84. The van der Waals surface area contributed by atoms with Gasteiger partial charge in [-0.15, -0.1) is 5.12 Å². The lowest BCUT2D eigenvalue weighted by atomic mass is 10.2. The number of hydrogen-bond donors (Lipinski definition) is 1. The van der Waals surface area contributed by atoms with Crippen LogP contribution in [0.2, 0.25) is 0 Å². The average Bonchev–Trinajstić information content (AvgIpc) is 2.04. The zero-order valence-electron chi connectivity index (χ0n) is 6.49. The van der Waals surface area contributed by atoms with Gasteiger partial charge in [0.2, 0.25) is 0 Å². The van der Waals surface area contributed by atoms with E-state index in [2.05, 4.69) is 0 Å². The fourth-order valence-corrected chi connectivity index (χ4v) is 0.786. The van der Waals surface area contributed by atoms with E-state index in [1.807, 2.05) is 6.92 Å². The summed E-state index contributed by atoms with van der Waals surface area (Å²) in [4.78, 5) is 10.1. The summed E-state index contributed by atoms with van der Waals surface area (Å²) >= 11 is 0. The molecule has 0 aliphatic rings. The van der Waals surface area contributed by atoms with E-state index in [1.165, 1.54) is 12.1 Å². The van der Waals surface area contributed by atoms with E-state index < -0.39 is 6.09 Å². The predicted molar refractivity (Wildman–Crippen MR) is 42.8 cm³/mol. The first-order chi connectivity index (χ1) is 5.61. The number of amides is 1. The Morgan fingerprint density at radius 3 is 2.33 bits per heavy atom. The Balaban J connectivity index is 2.89. The Labute approximate surface area is 69.0 Å². The van der Waals surface area contributed by atoms with E-state index in [1.54, 1.807) is 12.1 Å². The molecule has 1 rings (SSSR count). The summed E-state index contributed by atoms with van der Waals surface area (Å²) in [6.07, 6.45) is -1.61. The minimum absolute atomic E-state index is 0.0214. The first-order valence-electron chi connectivity index (χ1n) is 3.37. The monoisotopic (exact) mass is 169 g/mol. The molecule has 3 nitrogen and oxygen atoms in total. The number of anilines is 1. The van der Waals surface area contributed by atoms with Gasteiger partial charge >= 0.3 is 6.09 Å². The van der Waals surface area contributed by atoms with Crippen molar-refractivity contribution in [3.8, 4) is 0 Å². The summed E-state index contributed by atoms with van der Waals surface area (Å²) in [5.74, 6) is 0. The van der Waals surface area contributed by atoms with E-state index in [-0.39, 0.29) is 10.8 Å². The molecule has 0 heterocycles. The van der Waals surface area contributed by atoms with Crippen molar-refractivity contribution in [1.82, 2.24) is 0 Å². The largest absolute Gasteiger partial charge is 0.463 e. The first kappa shape index (κ1) is 8.52. The van der Waals surface area contributed by atoms with Crippen LogP contribution in [0.25, 0.3) is 0 Å². The summed E-state index contributed by atoms with van der Waals surface area (Å²) in [5, 5.41) is 7.94. The van der Waals surface area contributed by atoms with Gasteiger partial charge in [0, 0.05) is 0 Å². The number of benzene rings is 1. The highest BCUT2D eigenvalue weighted by atomic mass is 19.2. The molecule has 0 aliphatic heterocycles. The van der Waals surface area contributed by atoms with Crippen molar-refractivity contribution < 1.29 is 14.4 Å². The molecule has 4 heteroatoms. The molecule has 1 aromatic carbocycles. The Kier molecular flexibility index (Phi) is 2.28. The molecule has 1 aromatic rings. The number of aryl methyl sites for hydroxylation is 1. The lowest BCUT2D eigenvalue weighted by Gasteiger charge is -2.06. The lowest BCUT2D eigenvalue weighted by molar-refractivity contribution is 0.186. The highest BCUT2D eigenvalue weighted by Gasteiger charge is 2.11. The summed E-state index contributed by atoms with van der Waals surface area (Å²) < 4.78 is 12.6. The van der Waals surface area contributed by atoms with Crippen LogP contribution in [-0.4, -0.2) is 11.2 Å². The highest BCUT2D eigenvalue weighted by molar-refractivity contribution is 5.83. The number of hydrogen-bond acceptors (Lipinski definition) is 1. The Hall–Kier alpha value is -1.58. The standard InChI is InChI=1S/C8H8FNO2/c1-6-2-4-7(5-3-6)10(9)8(11)12/h2-5H,1H3,(H,11,12). The van der Waals surface area contributed by atoms with Crippen molar-refractivity contribution in [3.63, 3.8) is 0 Å². The molecule has 0 saturated heterocycles. The number of rotatable bonds is 1. The molecule has 0 spiro atoms. The average molecular weight is 169 g/mol. The molecule has 0 aliphatic carbocycles. The van der Waals surface area contributed by atoms with Gasteiger partial charge in [0.15, 0.2) is 0 Å². The third-order valence-electron chi connectivity index (χ3n) is 1.43. The molecule has 0 fully saturated rings. The molecule has 0 saturated carbocycles. The van der Waals surface area contributed by atoms with Gasteiger partial charge in [-0.2, -0.15) is 0 Å². The van der Waals surface area contributed by atoms with Crippen LogP contribution in [0.15, 0.2) is 24.3 Å². The minimum atomic E-state index is -1.61. The first-order valence-corrected chi connectivity index (χ1v) is 3.37. The maximum atomic E-state index is 12.6. The molecular weight excluding hydrogens is 161 g/mol. The van der Waals surface area contributed by atoms with E-state index in [0.717, 1.165) is 5.56 Å². The number of halogens is 1. The zero-order valence-corrected chi connectivity index (χ0v) is 6.49. The molecule has 0 radical (unpaired) electrons. The second-order valence-electron chi connectivity index (χ2n) is 2.40. The molecule has 0 atom stereocenters. The molecule has 12 heavy (non-hydrogen) atoms. The molecule has 0 bridgehead atoms. The fourth-order valence-electron chi connectivity index (χ4n) is 0.786. The normalized spacial score (nSPS) is 9.50. The summed E-state index contributed by atoms with van der Waals surface area (Å²) in [6, 6.07) is 6.10. The van der Waals surface area contributed by atoms with Crippen LogP contribution in [0.3, 0.4) is 0 Å². The Morgan fingerprint density at radius 1 is 1.42 bits per heavy atom. The van der Waals surface area contributed by atoms with E-state index in [9.17, 15) is 9.28 Å². The molecule has 0 unspecified atom stereocenters. The van der Waals surface area contributed by atoms with Crippen LogP contribution >= 0.6 is 0 Å². The van der Waals surface area contributed by atoms with Crippen molar-refractivity contribution in [2.24, 2.45) is 0 Å². The maximum Gasteiger partial charge on any atom is 0.440 e. The Bertz CT molecular complexity index is 284. The predicted octanol–water partition coefficient (Wildman–Crippen LogP) is 2.36. The molecule has 0 aromatic heterocycles. The molecule has 1 amide bonds. The van der Waals surface area contributed by atoms with E-state index >= 15 is 0 Å². The third-order valence-corrected chi connectivity index (χ3v) is 1.43. The molecule has 1 N–H and O–H groups in total. The minimum Gasteiger partial charge on any atom is -0.463 e. The third kappa shape index (κ3) is 1.72. The quantitative estimate of drug-likeness (QED) is 0.655. The molecule has 64 valence electrons.